The van der Waals surface area contributed by atoms with Crippen molar-refractivity contribution in [2.75, 3.05) is 13.6 Å². The zero-order valence-electron chi connectivity index (χ0n) is 10.8. The number of amidine groups is 1. The largest absolute Gasteiger partial charge is 0.334 e. The van der Waals surface area contributed by atoms with Crippen molar-refractivity contribution in [1.82, 2.24) is 4.90 Å². The minimum Gasteiger partial charge on any atom is -0.334 e. The van der Waals surface area contributed by atoms with Crippen LogP contribution >= 0.6 is 0 Å². The molecule has 0 spiro atoms. The summed E-state index contributed by atoms with van der Waals surface area (Å²) in [6, 6.07) is 0. The Hall–Kier alpha value is -1.31. The Balaban J connectivity index is 2.23. The highest BCUT2D eigenvalue weighted by atomic mass is 15.2. The van der Waals surface area contributed by atoms with Gasteiger partial charge in [0, 0.05) is 12.7 Å². The van der Waals surface area contributed by atoms with E-state index in [1.54, 1.807) is 0 Å². The summed E-state index contributed by atoms with van der Waals surface area (Å²) in [4.78, 5) is 6.91. The van der Waals surface area contributed by atoms with Crippen LogP contribution in [0.5, 0.6) is 0 Å². The molecule has 0 saturated heterocycles. The van der Waals surface area contributed by atoms with E-state index in [4.69, 9.17) is 4.99 Å². The maximum atomic E-state index is 4.72. The lowest BCUT2D eigenvalue weighted by atomic mass is 9.98. The monoisotopic (exact) mass is 230 g/mol. The normalized spacial score (nSPS) is 27.4. The zero-order chi connectivity index (χ0) is 12.1. The Kier molecular flexibility index (Phi) is 4.18. The van der Waals surface area contributed by atoms with Gasteiger partial charge in [-0.25, -0.2) is 0 Å². The molecule has 0 aromatic heterocycles. The molecule has 0 aromatic rings. The molecule has 0 fully saturated rings. The van der Waals surface area contributed by atoms with Gasteiger partial charge in [0.1, 0.15) is 5.84 Å². The highest BCUT2D eigenvalue weighted by molar-refractivity contribution is 5.99. The molecule has 0 N–H and O–H groups in total. The number of allylic oxidation sites excluding steroid dienone is 3. The third-order valence-electron chi connectivity index (χ3n) is 3.48. The molecule has 0 bridgehead atoms. The minimum absolute atomic E-state index is 0.796. The SMILES string of the molecule is C=C1CC/C=C\C/N=C(/C2=CCCCC2)N1C. The molecule has 1 aliphatic carbocycles. The third kappa shape index (κ3) is 3.09. The lowest BCUT2D eigenvalue weighted by molar-refractivity contribution is 0.583. The zero-order valence-corrected chi connectivity index (χ0v) is 10.8. The number of hydrogen-bond acceptors (Lipinski definition) is 2. The van der Waals surface area contributed by atoms with Crippen LogP contribution in [0.2, 0.25) is 0 Å². The minimum atomic E-state index is 0.796. The van der Waals surface area contributed by atoms with Crippen molar-refractivity contribution in [3.8, 4) is 0 Å². The summed E-state index contributed by atoms with van der Waals surface area (Å²) >= 11 is 0. The average Bonchev–Trinajstić information content (AvgIpc) is 2.44. The molecule has 2 aliphatic rings. The van der Waals surface area contributed by atoms with Crippen molar-refractivity contribution in [3.63, 3.8) is 0 Å². The van der Waals surface area contributed by atoms with Gasteiger partial charge in [0.2, 0.25) is 0 Å². The van der Waals surface area contributed by atoms with E-state index in [0.29, 0.717) is 0 Å². The van der Waals surface area contributed by atoms with Gasteiger partial charge in [-0.15, -0.1) is 0 Å². The summed E-state index contributed by atoms with van der Waals surface area (Å²) in [5.74, 6) is 1.14. The lowest BCUT2D eigenvalue weighted by Crippen LogP contribution is -2.28. The van der Waals surface area contributed by atoms with E-state index in [9.17, 15) is 0 Å². The van der Waals surface area contributed by atoms with Crippen LogP contribution in [-0.4, -0.2) is 24.3 Å². The van der Waals surface area contributed by atoms with E-state index >= 15 is 0 Å². The highest BCUT2D eigenvalue weighted by Gasteiger charge is 2.16. The maximum Gasteiger partial charge on any atom is 0.130 e. The van der Waals surface area contributed by atoms with Crippen molar-refractivity contribution < 1.29 is 0 Å². The van der Waals surface area contributed by atoms with E-state index in [-0.39, 0.29) is 0 Å². The van der Waals surface area contributed by atoms with E-state index in [1.807, 2.05) is 0 Å². The molecule has 0 aromatic carbocycles. The number of rotatable bonds is 1. The molecule has 0 unspecified atom stereocenters. The van der Waals surface area contributed by atoms with Gasteiger partial charge in [0.15, 0.2) is 0 Å². The standard InChI is InChI=1S/C15H22N2/c1-13-9-5-4-8-12-16-15(17(13)2)14-10-6-3-7-11-14/h4,8,10H,1,3,5-7,9,11-12H2,2H3/b8-4-,16-15-. The second-order valence-electron chi connectivity index (χ2n) is 4.77. The van der Waals surface area contributed by atoms with Crippen LogP contribution in [0.4, 0.5) is 0 Å². The molecule has 2 heteroatoms. The lowest BCUT2D eigenvalue weighted by Gasteiger charge is -2.26. The van der Waals surface area contributed by atoms with Gasteiger partial charge >= 0.3 is 0 Å². The van der Waals surface area contributed by atoms with Crippen molar-refractivity contribution in [3.05, 3.63) is 36.1 Å². The van der Waals surface area contributed by atoms with E-state index < -0.39 is 0 Å². The molecule has 2 rings (SSSR count). The van der Waals surface area contributed by atoms with Gasteiger partial charge in [0.05, 0.1) is 6.54 Å². The van der Waals surface area contributed by atoms with Gasteiger partial charge < -0.3 is 4.90 Å². The smallest absolute Gasteiger partial charge is 0.130 e. The van der Waals surface area contributed by atoms with E-state index in [2.05, 4.69) is 36.8 Å². The predicted octanol–water partition coefficient (Wildman–Crippen LogP) is 3.68. The highest BCUT2D eigenvalue weighted by Crippen LogP contribution is 2.22. The summed E-state index contributed by atoms with van der Waals surface area (Å²) in [5, 5.41) is 0. The van der Waals surface area contributed by atoms with Crippen LogP contribution in [0.1, 0.15) is 38.5 Å². The number of likely N-dealkylation sites (N-methyl/N-ethyl adjacent to an activating group) is 1. The average molecular weight is 230 g/mol. The summed E-state index contributed by atoms with van der Waals surface area (Å²) in [6.07, 6.45) is 13.8. The van der Waals surface area contributed by atoms with Crippen molar-refractivity contribution in [2.45, 2.75) is 38.5 Å². The summed E-state index contributed by atoms with van der Waals surface area (Å²) < 4.78 is 0. The van der Waals surface area contributed by atoms with Crippen LogP contribution in [0, 0.1) is 0 Å². The van der Waals surface area contributed by atoms with E-state index in [1.165, 1.54) is 37.0 Å². The first-order chi connectivity index (χ1) is 8.29. The molecule has 17 heavy (non-hydrogen) atoms. The summed E-state index contributed by atoms with van der Waals surface area (Å²) in [6.45, 7) is 4.96. The Morgan fingerprint density at radius 2 is 2.06 bits per heavy atom. The fourth-order valence-corrected chi connectivity index (χ4v) is 2.36. The predicted molar refractivity (Wildman–Crippen MR) is 74.1 cm³/mol. The Morgan fingerprint density at radius 1 is 1.18 bits per heavy atom. The van der Waals surface area contributed by atoms with Crippen molar-refractivity contribution in [1.29, 1.82) is 0 Å². The van der Waals surface area contributed by atoms with Crippen LogP contribution in [-0.2, 0) is 0 Å². The summed E-state index contributed by atoms with van der Waals surface area (Å²) in [5.41, 5.74) is 2.58. The number of hydrogen-bond donors (Lipinski definition) is 0. The number of nitrogens with zero attached hydrogens (tertiary/aromatic N) is 2. The molecule has 92 valence electrons. The third-order valence-corrected chi connectivity index (χ3v) is 3.48. The first kappa shape index (κ1) is 12.2. The second-order valence-corrected chi connectivity index (χ2v) is 4.77. The molecule has 1 heterocycles. The van der Waals surface area contributed by atoms with Gasteiger partial charge in [-0.2, -0.15) is 0 Å². The fraction of sp³-hybridized carbons (Fsp3) is 0.533. The van der Waals surface area contributed by atoms with Gasteiger partial charge in [-0.05, 0) is 44.1 Å². The molecule has 0 atom stereocenters. The topological polar surface area (TPSA) is 15.6 Å². The van der Waals surface area contributed by atoms with Gasteiger partial charge in [-0.1, -0.05) is 24.8 Å². The Morgan fingerprint density at radius 3 is 2.82 bits per heavy atom. The van der Waals surface area contributed by atoms with Crippen molar-refractivity contribution in [2.24, 2.45) is 4.99 Å². The fourth-order valence-electron chi connectivity index (χ4n) is 2.36. The summed E-state index contributed by atoms with van der Waals surface area (Å²) in [7, 11) is 2.10. The number of aliphatic imine (C=N–C) groups is 1. The van der Waals surface area contributed by atoms with E-state index in [0.717, 1.165) is 25.2 Å². The molecular weight excluding hydrogens is 208 g/mol. The molecule has 1 aliphatic heterocycles. The molecule has 0 amide bonds. The Labute approximate surface area is 104 Å². The molecular formula is C15H22N2. The second kappa shape index (κ2) is 5.85. The molecule has 2 nitrogen and oxygen atoms in total. The van der Waals surface area contributed by atoms with Crippen LogP contribution in [0.3, 0.4) is 0 Å². The molecule has 0 radical (unpaired) electrons. The van der Waals surface area contributed by atoms with Gasteiger partial charge in [-0.3, -0.25) is 4.99 Å². The van der Waals surface area contributed by atoms with Crippen molar-refractivity contribution >= 4 is 5.84 Å². The first-order valence-electron chi connectivity index (χ1n) is 6.59. The quantitative estimate of drug-likeness (QED) is 0.627. The maximum absolute atomic E-state index is 4.72. The Bertz CT molecular complexity index is 374. The van der Waals surface area contributed by atoms with Crippen LogP contribution < -0.4 is 0 Å². The van der Waals surface area contributed by atoms with Crippen LogP contribution in [0.15, 0.2) is 41.1 Å². The van der Waals surface area contributed by atoms with Crippen LogP contribution in [0.25, 0.3) is 0 Å². The van der Waals surface area contributed by atoms with Gasteiger partial charge in [0.25, 0.3) is 0 Å². The molecule has 0 saturated carbocycles. The first-order valence-corrected chi connectivity index (χ1v) is 6.59.